The van der Waals surface area contributed by atoms with Crippen LogP contribution in [0.4, 0.5) is 0 Å². The third kappa shape index (κ3) is 8.60. The topological polar surface area (TPSA) is 425 Å². The Labute approximate surface area is 419 Å². The first-order valence-electron chi connectivity index (χ1n) is 22.1. The number of allylic oxidation sites excluding steroid dienone is 1. The summed E-state index contributed by atoms with van der Waals surface area (Å²) in [5.74, 6) is -21.0. The molecule has 0 spiro atoms. The summed E-state index contributed by atoms with van der Waals surface area (Å²) in [5.41, 5.74) is -6.44. The number of benzene rings is 5. The Morgan fingerprint density at radius 1 is 0.493 bits per heavy atom. The number of esters is 4. The van der Waals surface area contributed by atoms with Crippen LogP contribution in [0.2, 0.25) is 0 Å². The normalized spacial score (nSPS) is 25.2. The number of aromatic hydroxyl groups is 12. The summed E-state index contributed by atoms with van der Waals surface area (Å²) in [7, 11) is 0. The van der Waals surface area contributed by atoms with Crippen molar-refractivity contribution >= 4 is 23.9 Å². The quantitative estimate of drug-likeness (QED) is 0.0481. The van der Waals surface area contributed by atoms with Crippen molar-refractivity contribution in [2.45, 2.75) is 74.8 Å². The standard InChI is InChI=1S/C49H42O26/c1-3-4-15-5-7-16(8-6-15)70-49-39(63)43-41(73-45(65)18-10-22(51)31(55)35(59)27(18)29-20(47(67)75-43)12-24(53)33(57)37(29)61)25(71-49)13-68-48-38(62)42-40(14(2)69-48)72-44(64)17-9-21(50)30(54)34(58)26(17)28-19(46(66)74-42)11-23(52)32(56)36(28)60/h3,5-12,14,25,38-43,48-63H,1,4,13H2,2H3/t14-,25+,38+,39+,40-,41+,42-,43+,48+,49+/m0/s1. The number of aliphatic hydroxyl groups is 2. The molecule has 26 nitrogen and oxygen atoms in total. The van der Waals surface area contributed by atoms with Crippen LogP contribution in [0.3, 0.4) is 0 Å². The molecule has 26 heteroatoms. The first kappa shape index (κ1) is 50.8. The Kier molecular flexibility index (Phi) is 12.9. The van der Waals surface area contributed by atoms with Crippen LogP contribution in [0.25, 0.3) is 22.3 Å². The maximum Gasteiger partial charge on any atom is 0.339 e. The van der Waals surface area contributed by atoms with Crippen LogP contribution in [0.1, 0.15) is 53.9 Å². The van der Waals surface area contributed by atoms with Crippen molar-refractivity contribution in [3.05, 3.63) is 89.0 Å². The van der Waals surface area contributed by atoms with Gasteiger partial charge in [-0.3, -0.25) is 0 Å². The van der Waals surface area contributed by atoms with Gasteiger partial charge in [0.25, 0.3) is 0 Å². The molecule has 4 aliphatic rings. The predicted octanol–water partition coefficient (Wildman–Crippen LogP) is 2.33. The number of hydrogen-bond donors (Lipinski definition) is 14. The molecule has 2 saturated heterocycles. The van der Waals surface area contributed by atoms with E-state index in [1.165, 1.54) is 19.1 Å². The van der Waals surface area contributed by atoms with Gasteiger partial charge in [0, 0.05) is 22.3 Å². The van der Waals surface area contributed by atoms with Crippen molar-refractivity contribution in [3.63, 3.8) is 0 Å². The second kappa shape index (κ2) is 19.1. The Morgan fingerprint density at radius 2 is 0.853 bits per heavy atom. The molecule has 10 atom stereocenters. The van der Waals surface area contributed by atoms with E-state index < -0.39 is 205 Å². The molecule has 14 N–H and O–H groups in total. The summed E-state index contributed by atoms with van der Waals surface area (Å²) in [6, 6.07) is 8.45. The lowest BCUT2D eigenvalue weighted by atomic mass is 9.91. The van der Waals surface area contributed by atoms with Crippen LogP contribution in [-0.2, 0) is 39.6 Å². The molecule has 0 aliphatic carbocycles. The fourth-order valence-electron chi connectivity index (χ4n) is 9.00. The highest BCUT2D eigenvalue weighted by Gasteiger charge is 2.55. The van der Waals surface area contributed by atoms with Gasteiger partial charge in [-0.25, -0.2) is 19.2 Å². The van der Waals surface area contributed by atoms with Gasteiger partial charge in [0.05, 0.1) is 35.0 Å². The van der Waals surface area contributed by atoms with Gasteiger partial charge in [0.15, 0.2) is 82.8 Å². The van der Waals surface area contributed by atoms with Crippen LogP contribution < -0.4 is 4.74 Å². The molecular weight excluding hydrogens is 1000 g/mol. The Bertz CT molecular complexity index is 3200. The van der Waals surface area contributed by atoms with E-state index in [0.717, 1.165) is 5.56 Å². The van der Waals surface area contributed by atoms with Gasteiger partial charge in [0.2, 0.25) is 29.3 Å². The first-order chi connectivity index (χ1) is 35.5. The lowest BCUT2D eigenvalue weighted by Gasteiger charge is -2.45. The average Bonchev–Trinajstić information content (AvgIpc) is 3.37. The van der Waals surface area contributed by atoms with Gasteiger partial charge in [-0.15, -0.1) is 6.58 Å². The minimum atomic E-state index is -2.24. The molecule has 0 radical (unpaired) electrons. The minimum Gasteiger partial charge on any atom is -0.504 e. The third-order valence-electron chi connectivity index (χ3n) is 12.7. The van der Waals surface area contributed by atoms with E-state index in [1.54, 1.807) is 18.2 Å². The SMILES string of the molecule is C=CCc1ccc(O[C@@H]2O[C@H](CO[C@@H]3O[C@@H](C)[C@@H]4OC(=O)c5cc(O)c(O)c(O)c5-c5c(cc(O)c(O)c5O)C(=O)O[C@H]4[C@H]3O)[C@H]3OC(=O)c4cc(O)c(O)c(O)c4-c4c(cc(O)c(O)c4O)C(=O)O[C@@H]3[C@H]2O)cc1. The van der Waals surface area contributed by atoms with Crippen LogP contribution in [0.15, 0.2) is 61.2 Å². The number of ether oxygens (including phenoxy) is 8. The van der Waals surface area contributed by atoms with Gasteiger partial charge in [-0.1, -0.05) is 18.2 Å². The summed E-state index contributed by atoms with van der Waals surface area (Å²) in [4.78, 5) is 56.7. The van der Waals surface area contributed by atoms with Crippen molar-refractivity contribution in [1.82, 2.24) is 0 Å². The zero-order valence-corrected chi connectivity index (χ0v) is 38.3. The number of hydrogen-bond acceptors (Lipinski definition) is 26. The number of phenolic OH excluding ortho intramolecular Hbond substituents is 12. The van der Waals surface area contributed by atoms with E-state index in [1.807, 2.05) is 0 Å². The molecule has 5 aromatic rings. The fraction of sp³-hybridized carbons (Fsp3) is 0.265. The van der Waals surface area contributed by atoms with Crippen LogP contribution in [0.5, 0.6) is 74.7 Å². The summed E-state index contributed by atoms with van der Waals surface area (Å²) in [5, 5.41) is 152. The van der Waals surface area contributed by atoms with Crippen molar-refractivity contribution < 1.29 is 129 Å². The smallest absolute Gasteiger partial charge is 0.339 e. The Balaban J connectivity index is 1.09. The molecule has 2 fully saturated rings. The molecule has 9 rings (SSSR count). The largest absolute Gasteiger partial charge is 0.504 e. The lowest BCUT2D eigenvalue weighted by Crippen LogP contribution is -2.64. The van der Waals surface area contributed by atoms with Gasteiger partial charge in [-0.05, 0) is 55.3 Å². The minimum absolute atomic E-state index is 0.0464. The Morgan fingerprint density at radius 3 is 1.25 bits per heavy atom. The van der Waals surface area contributed by atoms with E-state index >= 15 is 0 Å². The summed E-state index contributed by atoms with van der Waals surface area (Å²) < 4.78 is 46.7. The van der Waals surface area contributed by atoms with Gasteiger partial charge < -0.3 is 109 Å². The van der Waals surface area contributed by atoms with E-state index in [0.29, 0.717) is 30.7 Å². The zero-order chi connectivity index (χ0) is 54.2. The predicted molar refractivity (Wildman–Crippen MR) is 242 cm³/mol. The second-order valence-corrected chi connectivity index (χ2v) is 17.4. The molecule has 4 heterocycles. The molecule has 75 heavy (non-hydrogen) atoms. The molecule has 4 aliphatic heterocycles. The number of carbonyl (C=O) groups is 4. The lowest BCUT2D eigenvalue weighted by molar-refractivity contribution is -0.317. The second-order valence-electron chi connectivity index (χ2n) is 17.4. The van der Waals surface area contributed by atoms with Crippen molar-refractivity contribution in [3.8, 4) is 97.0 Å². The average molecular weight is 1050 g/mol. The number of aliphatic hydroxyl groups excluding tert-OH is 2. The van der Waals surface area contributed by atoms with E-state index in [-0.39, 0.29) is 5.75 Å². The molecule has 0 saturated carbocycles. The van der Waals surface area contributed by atoms with Crippen LogP contribution >= 0.6 is 0 Å². The molecule has 0 unspecified atom stereocenters. The maximum atomic E-state index is 14.4. The fourth-order valence-corrected chi connectivity index (χ4v) is 9.00. The third-order valence-corrected chi connectivity index (χ3v) is 12.7. The molecule has 0 amide bonds. The van der Waals surface area contributed by atoms with Crippen molar-refractivity contribution in [2.75, 3.05) is 6.61 Å². The molecular formula is C49H42O26. The monoisotopic (exact) mass is 1050 g/mol. The van der Waals surface area contributed by atoms with E-state index in [4.69, 9.17) is 37.9 Å². The number of carbonyl (C=O) groups excluding carboxylic acids is 4. The maximum absolute atomic E-state index is 14.4. The molecule has 394 valence electrons. The van der Waals surface area contributed by atoms with Gasteiger partial charge >= 0.3 is 23.9 Å². The molecule has 0 aromatic heterocycles. The zero-order valence-electron chi connectivity index (χ0n) is 38.3. The van der Waals surface area contributed by atoms with E-state index in [9.17, 15) is 90.7 Å². The summed E-state index contributed by atoms with van der Waals surface area (Å²) in [6.45, 7) is 3.98. The highest BCUT2D eigenvalue weighted by Crippen LogP contribution is 2.55. The van der Waals surface area contributed by atoms with Crippen LogP contribution in [0, 0.1) is 0 Å². The summed E-state index contributed by atoms with van der Waals surface area (Å²) >= 11 is 0. The first-order valence-corrected chi connectivity index (χ1v) is 22.1. The highest BCUT2D eigenvalue weighted by molar-refractivity contribution is 6.10. The molecule has 0 bridgehead atoms. The highest BCUT2D eigenvalue weighted by atomic mass is 16.7. The number of fused-ring (bicyclic) bond motifs is 8. The van der Waals surface area contributed by atoms with Crippen LogP contribution in [-0.4, -0.2) is 163 Å². The van der Waals surface area contributed by atoms with Crippen molar-refractivity contribution in [2.24, 2.45) is 0 Å². The molecule has 5 aromatic carbocycles. The number of rotatable bonds is 7. The van der Waals surface area contributed by atoms with Gasteiger partial charge in [0.1, 0.15) is 18.0 Å². The Hall–Kier alpha value is -9.08. The summed E-state index contributed by atoms with van der Waals surface area (Å²) in [6.07, 6.45) is -17.6. The van der Waals surface area contributed by atoms with Crippen molar-refractivity contribution in [1.29, 1.82) is 0 Å². The van der Waals surface area contributed by atoms with Gasteiger partial charge in [-0.2, -0.15) is 0 Å². The number of phenols is 12. The van der Waals surface area contributed by atoms with E-state index in [2.05, 4.69) is 6.58 Å².